The van der Waals surface area contributed by atoms with Crippen LogP contribution in [0.1, 0.15) is 25.8 Å². The fraction of sp³-hybridized carbons (Fsp3) is 0.571. The van der Waals surface area contributed by atoms with Crippen molar-refractivity contribution in [2.45, 2.75) is 38.4 Å². The number of hydrogen-bond acceptors (Lipinski definition) is 3. The lowest BCUT2D eigenvalue weighted by atomic mass is 9.92. The van der Waals surface area contributed by atoms with Gasteiger partial charge in [0.15, 0.2) is 0 Å². The SMILES string of the molecule is COc1ccc(CCC(C)(O)C(C)OC)cc1. The molecule has 1 rings (SSSR count). The highest BCUT2D eigenvalue weighted by Gasteiger charge is 2.27. The Labute approximate surface area is 103 Å². The Bertz CT molecular complexity index is 330. The van der Waals surface area contributed by atoms with E-state index in [9.17, 15) is 5.11 Å². The summed E-state index contributed by atoms with van der Waals surface area (Å²) < 4.78 is 10.3. The van der Waals surface area contributed by atoms with Crippen molar-refractivity contribution in [3.63, 3.8) is 0 Å². The molecule has 0 aromatic heterocycles. The maximum absolute atomic E-state index is 10.2. The Morgan fingerprint density at radius 1 is 1.24 bits per heavy atom. The minimum Gasteiger partial charge on any atom is -0.497 e. The van der Waals surface area contributed by atoms with Crippen LogP contribution in [0.2, 0.25) is 0 Å². The highest BCUT2D eigenvalue weighted by molar-refractivity contribution is 5.27. The summed E-state index contributed by atoms with van der Waals surface area (Å²) in [7, 11) is 3.27. The zero-order valence-electron chi connectivity index (χ0n) is 11.1. The summed E-state index contributed by atoms with van der Waals surface area (Å²) in [5, 5.41) is 10.2. The predicted molar refractivity (Wildman–Crippen MR) is 68.4 cm³/mol. The van der Waals surface area contributed by atoms with Crippen LogP contribution in [0.5, 0.6) is 5.75 Å². The average molecular weight is 238 g/mol. The van der Waals surface area contributed by atoms with Gasteiger partial charge in [-0.2, -0.15) is 0 Å². The van der Waals surface area contributed by atoms with Crippen molar-refractivity contribution < 1.29 is 14.6 Å². The van der Waals surface area contributed by atoms with Gasteiger partial charge in [-0.1, -0.05) is 12.1 Å². The molecule has 96 valence electrons. The molecular weight excluding hydrogens is 216 g/mol. The number of methoxy groups -OCH3 is 2. The van der Waals surface area contributed by atoms with Crippen molar-refractivity contribution in [1.82, 2.24) is 0 Å². The van der Waals surface area contributed by atoms with Crippen LogP contribution in [-0.2, 0) is 11.2 Å². The third-order valence-electron chi connectivity index (χ3n) is 3.31. The summed E-state index contributed by atoms with van der Waals surface area (Å²) in [5.74, 6) is 0.853. The molecule has 0 saturated heterocycles. The van der Waals surface area contributed by atoms with Crippen molar-refractivity contribution >= 4 is 0 Å². The maximum Gasteiger partial charge on any atom is 0.118 e. The second-order valence-corrected chi connectivity index (χ2v) is 4.58. The number of ether oxygens (including phenoxy) is 2. The molecule has 1 aromatic carbocycles. The molecule has 0 radical (unpaired) electrons. The monoisotopic (exact) mass is 238 g/mol. The van der Waals surface area contributed by atoms with E-state index in [1.807, 2.05) is 38.1 Å². The normalized spacial score (nSPS) is 16.3. The first-order valence-electron chi connectivity index (χ1n) is 5.87. The molecule has 1 aromatic rings. The van der Waals surface area contributed by atoms with Gasteiger partial charge in [0.2, 0.25) is 0 Å². The van der Waals surface area contributed by atoms with Gasteiger partial charge in [-0.3, -0.25) is 0 Å². The zero-order valence-corrected chi connectivity index (χ0v) is 11.1. The molecule has 0 spiro atoms. The number of hydrogen-bond donors (Lipinski definition) is 1. The molecule has 0 bridgehead atoms. The van der Waals surface area contributed by atoms with Crippen LogP contribution in [0.4, 0.5) is 0 Å². The van der Waals surface area contributed by atoms with Crippen LogP contribution < -0.4 is 4.74 Å². The van der Waals surface area contributed by atoms with E-state index in [0.717, 1.165) is 12.2 Å². The molecule has 1 N–H and O–H groups in total. The van der Waals surface area contributed by atoms with Crippen LogP contribution in [0.25, 0.3) is 0 Å². The highest BCUT2D eigenvalue weighted by atomic mass is 16.5. The zero-order chi connectivity index (χ0) is 12.9. The van der Waals surface area contributed by atoms with Gasteiger partial charge in [-0.25, -0.2) is 0 Å². The fourth-order valence-electron chi connectivity index (χ4n) is 1.65. The van der Waals surface area contributed by atoms with Crippen molar-refractivity contribution in [2.24, 2.45) is 0 Å². The molecule has 0 aliphatic carbocycles. The quantitative estimate of drug-likeness (QED) is 0.827. The molecule has 2 unspecified atom stereocenters. The summed E-state index contributed by atoms with van der Waals surface area (Å²) in [6, 6.07) is 7.91. The van der Waals surface area contributed by atoms with Gasteiger partial charge in [0.25, 0.3) is 0 Å². The fourth-order valence-corrected chi connectivity index (χ4v) is 1.65. The van der Waals surface area contributed by atoms with E-state index in [1.54, 1.807) is 14.2 Å². The Hall–Kier alpha value is -1.06. The molecule has 0 saturated carbocycles. The van der Waals surface area contributed by atoms with Crippen molar-refractivity contribution in [3.05, 3.63) is 29.8 Å². The minimum absolute atomic E-state index is 0.166. The smallest absolute Gasteiger partial charge is 0.118 e. The summed E-state index contributed by atoms with van der Waals surface area (Å²) in [6.45, 7) is 3.69. The third kappa shape index (κ3) is 4.02. The van der Waals surface area contributed by atoms with E-state index >= 15 is 0 Å². The summed E-state index contributed by atoms with van der Waals surface area (Å²) in [6.07, 6.45) is 1.33. The van der Waals surface area contributed by atoms with E-state index in [2.05, 4.69) is 0 Å². The first-order valence-corrected chi connectivity index (χ1v) is 5.87. The van der Waals surface area contributed by atoms with Gasteiger partial charge in [0, 0.05) is 7.11 Å². The Kier molecular flexibility index (Phi) is 4.97. The van der Waals surface area contributed by atoms with Gasteiger partial charge in [0.05, 0.1) is 18.8 Å². The molecule has 0 aliphatic heterocycles. The number of aliphatic hydroxyl groups is 1. The molecule has 3 nitrogen and oxygen atoms in total. The van der Waals surface area contributed by atoms with Crippen molar-refractivity contribution in [3.8, 4) is 5.75 Å². The van der Waals surface area contributed by atoms with Gasteiger partial charge in [0.1, 0.15) is 5.75 Å². The maximum atomic E-state index is 10.2. The molecular formula is C14H22O3. The van der Waals surface area contributed by atoms with E-state index in [0.29, 0.717) is 6.42 Å². The largest absolute Gasteiger partial charge is 0.497 e. The lowest BCUT2D eigenvalue weighted by Gasteiger charge is -2.29. The Balaban J connectivity index is 2.54. The molecule has 0 aliphatic rings. The molecule has 2 atom stereocenters. The lowest BCUT2D eigenvalue weighted by molar-refractivity contribution is -0.0766. The highest BCUT2D eigenvalue weighted by Crippen LogP contribution is 2.21. The standard InChI is InChI=1S/C14H22O3/c1-11(16-3)14(2,15)10-9-12-5-7-13(17-4)8-6-12/h5-8,11,15H,9-10H2,1-4H3. The summed E-state index contributed by atoms with van der Waals surface area (Å²) >= 11 is 0. The Morgan fingerprint density at radius 3 is 2.29 bits per heavy atom. The van der Waals surface area contributed by atoms with E-state index in [4.69, 9.17) is 9.47 Å². The van der Waals surface area contributed by atoms with Gasteiger partial charge < -0.3 is 14.6 Å². The second kappa shape index (κ2) is 6.03. The lowest BCUT2D eigenvalue weighted by Crippen LogP contribution is -2.38. The van der Waals surface area contributed by atoms with E-state index in [1.165, 1.54) is 5.56 Å². The van der Waals surface area contributed by atoms with Crippen LogP contribution in [0.3, 0.4) is 0 Å². The van der Waals surface area contributed by atoms with Gasteiger partial charge >= 0.3 is 0 Å². The molecule has 17 heavy (non-hydrogen) atoms. The van der Waals surface area contributed by atoms with E-state index < -0.39 is 5.60 Å². The summed E-state index contributed by atoms with van der Waals surface area (Å²) in [4.78, 5) is 0. The topological polar surface area (TPSA) is 38.7 Å². The molecule has 0 amide bonds. The van der Waals surface area contributed by atoms with Crippen molar-refractivity contribution in [2.75, 3.05) is 14.2 Å². The van der Waals surface area contributed by atoms with Crippen LogP contribution in [-0.4, -0.2) is 31.0 Å². The molecule has 3 heteroatoms. The first kappa shape index (κ1) is 14.0. The third-order valence-corrected chi connectivity index (χ3v) is 3.31. The molecule has 0 heterocycles. The summed E-state index contributed by atoms with van der Waals surface area (Å²) in [5.41, 5.74) is 0.392. The van der Waals surface area contributed by atoms with Crippen LogP contribution in [0, 0.1) is 0 Å². The Morgan fingerprint density at radius 2 is 1.82 bits per heavy atom. The number of rotatable bonds is 6. The van der Waals surface area contributed by atoms with Gasteiger partial charge in [-0.15, -0.1) is 0 Å². The number of aryl methyl sites for hydroxylation is 1. The van der Waals surface area contributed by atoms with Crippen LogP contribution in [0.15, 0.2) is 24.3 Å². The minimum atomic E-state index is -0.797. The number of benzene rings is 1. The van der Waals surface area contributed by atoms with Crippen molar-refractivity contribution in [1.29, 1.82) is 0 Å². The second-order valence-electron chi connectivity index (χ2n) is 4.58. The van der Waals surface area contributed by atoms with Crippen LogP contribution >= 0.6 is 0 Å². The van der Waals surface area contributed by atoms with E-state index in [-0.39, 0.29) is 6.10 Å². The predicted octanol–water partition coefficient (Wildman–Crippen LogP) is 2.41. The first-order chi connectivity index (χ1) is 7.99. The average Bonchev–Trinajstić information content (AvgIpc) is 2.36. The van der Waals surface area contributed by atoms with Gasteiger partial charge in [-0.05, 0) is 44.4 Å². The molecule has 0 fully saturated rings.